The third-order valence-corrected chi connectivity index (χ3v) is 4.36. The minimum atomic E-state index is -0.217. The number of carbonyl (C=O) groups is 1. The van der Waals surface area contributed by atoms with Crippen molar-refractivity contribution in [3.8, 4) is 0 Å². The Kier molecular flexibility index (Phi) is 5.21. The minimum Gasteiger partial charge on any atom is -0.355 e. The standard InChI is InChI=1S/C22H25N3O/c1-16-13-18(15-22(2,3)14-16)24-25-21(26)19-11-7-8-12-20(19)23-17-9-5-4-6-10-17/h4-13,23H,14-15H2,1-3H3,(H,25,26)/b24-18+. The van der Waals surface area contributed by atoms with Crippen LogP contribution in [0.4, 0.5) is 11.4 Å². The molecule has 3 rings (SSSR count). The van der Waals surface area contributed by atoms with E-state index in [1.807, 2.05) is 48.5 Å². The number of carbonyl (C=O) groups excluding carboxylic acids is 1. The van der Waals surface area contributed by atoms with Gasteiger partial charge in [-0.15, -0.1) is 0 Å². The van der Waals surface area contributed by atoms with Gasteiger partial charge in [0.15, 0.2) is 0 Å². The Hall–Kier alpha value is -2.88. The zero-order valence-electron chi connectivity index (χ0n) is 15.5. The Labute approximate surface area is 155 Å². The lowest BCUT2D eigenvalue weighted by molar-refractivity contribution is 0.0955. The zero-order chi connectivity index (χ0) is 18.6. The lowest BCUT2D eigenvalue weighted by Crippen LogP contribution is -2.25. The number of anilines is 2. The predicted octanol–water partition coefficient (Wildman–Crippen LogP) is 5.28. The maximum atomic E-state index is 12.7. The minimum absolute atomic E-state index is 0.176. The molecule has 4 nitrogen and oxygen atoms in total. The van der Waals surface area contributed by atoms with Gasteiger partial charge < -0.3 is 5.32 Å². The summed E-state index contributed by atoms with van der Waals surface area (Å²) in [5, 5.41) is 7.66. The van der Waals surface area contributed by atoms with Crippen LogP contribution in [0.2, 0.25) is 0 Å². The van der Waals surface area contributed by atoms with Gasteiger partial charge in [0.25, 0.3) is 5.91 Å². The van der Waals surface area contributed by atoms with E-state index >= 15 is 0 Å². The number of amides is 1. The van der Waals surface area contributed by atoms with Gasteiger partial charge in [-0.2, -0.15) is 5.10 Å². The van der Waals surface area contributed by atoms with E-state index in [9.17, 15) is 4.79 Å². The average molecular weight is 347 g/mol. The van der Waals surface area contributed by atoms with Gasteiger partial charge in [0, 0.05) is 5.69 Å². The van der Waals surface area contributed by atoms with Gasteiger partial charge in [-0.3, -0.25) is 4.79 Å². The Morgan fingerprint density at radius 1 is 1.00 bits per heavy atom. The highest BCUT2D eigenvalue weighted by Gasteiger charge is 2.24. The molecule has 4 heteroatoms. The summed E-state index contributed by atoms with van der Waals surface area (Å²) in [6, 6.07) is 17.2. The van der Waals surface area contributed by atoms with Crippen LogP contribution in [0.15, 0.2) is 71.3 Å². The van der Waals surface area contributed by atoms with Crippen LogP contribution in [0, 0.1) is 5.41 Å². The number of hydrazone groups is 1. The Morgan fingerprint density at radius 2 is 1.69 bits per heavy atom. The van der Waals surface area contributed by atoms with Crippen molar-refractivity contribution in [3.05, 3.63) is 71.8 Å². The second kappa shape index (κ2) is 7.56. The molecule has 0 spiro atoms. The molecule has 0 aliphatic heterocycles. The molecule has 2 N–H and O–H groups in total. The number of rotatable bonds is 4. The largest absolute Gasteiger partial charge is 0.355 e. The van der Waals surface area contributed by atoms with Gasteiger partial charge in [-0.25, -0.2) is 5.43 Å². The number of benzene rings is 2. The summed E-state index contributed by atoms with van der Waals surface area (Å²) in [5.74, 6) is -0.217. The Bertz CT molecular complexity index is 851. The van der Waals surface area contributed by atoms with Gasteiger partial charge in [-0.05, 0) is 55.5 Å². The van der Waals surface area contributed by atoms with E-state index in [-0.39, 0.29) is 11.3 Å². The number of allylic oxidation sites excluding steroid dienone is 2. The van der Waals surface area contributed by atoms with Crippen molar-refractivity contribution in [2.24, 2.45) is 10.5 Å². The molecule has 0 saturated heterocycles. The molecule has 0 fully saturated rings. The monoisotopic (exact) mass is 347 g/mol. The topological polar surface area (TPSA) is 53.5 Å². The highest BCUT2D eigenvalue weighted by atomic mass is 16.2. The molecule has 2 aromatic rings. The lowest BCUT2D eigenvalue weighted by Gasteiger charge is -2.29. The lowest BCUT2D eigenvalue weighted by atomic mass is 9.77. The molecule has 26 heavy (non-hydrogen) atoms. The maximum absolute atomic E-state index is 12.7. The molecule has 134 valence electrons. The number of hydrogen-bond acceptors (Lipinski definition) is 3. The summed E-state index contributed by atoms with van der Waals surface area (Å²) in [5.41, 5.74) is 7.36. The molecule has 0 radical (unpaired) electrons. The van der Waals surface area contributed by atoms with E-state index in [0.29, 0.717) is 5.56 Å². The Balaban J connectivity index is 1.76. The molecule has 1 aliphatic carbocycles. The molecular weight excluding hydrogens is 322 g/mol. The van der Waals surface area contributed by atoms with Gasteiger partial charge in [0.1, 0.15) is 0 Å². The van der Waals surface area contributed by atoms with Crippen molar-refractivity contribution >= 4 is 23.0 Å². The van der Waals surface area contributed by atoms with E-state index < -0.39 is 0 Å². The fourth-order valence-corrected chi connectivity index (χ4v) is 3.42. The number of para-hydroxylation sites is 2. The van der Waals surface area contributed by atoms with Gasteiger partial charge in [0.05, 0.1) is 17.0 Å². The van der Waals surface area contributed by atoms with Crippen LogP contribution < -0.4 is 10.7 Å². The van der Waals surface area contributed by atoms with Crippen LogP contribution in [-0.4, -0.2) is 11.6 Å². The predicted molar refractivity (Wildman–Crippen MR) is 108 cm³/mol. The average Bonchev–Trinajstić information content (AvgIpc) is 2.59. The van der Waals surface area contributed by atoms with Crippen molar-refractivity contribution in [3.63, 3.8) is 0 Å². The fraction of sp³-hybridized carbons (Fsp3) is 0.273. The molecule has 0 aromatic heterocycles. The van der Waals surface area contributed by atoms with Gasteiger partial charge >= 0.3 is 0 Å². The molecule has 1 amide bonds. The van der Waals surface area contributed by atoms with E-state index in [1.54, 1.807) is 6.07 Å². The van der Waals surface area contributed by atoms with E-state index in [4.69, 9.17) is 0 Å². The summed E-state index contributed by atoms with van der Waals surface area (Å²) in [6.45, 7) is 6.55. The molecule has 1 aliphatic rings. The first-order valence-corrected chi connectivity index (χ1v) is 8.88. The smallest absolute Gasteiger partial charge is 0.273 e. The highest BCUT2D eigenvalue weighted by Crippen LogP contribution is 2.33. The third-order valence-electron chi connectivity index (χ3n) is 4.36. The van der Waals surface area contributed by atoms with Crippen molar-refractivity contribution in [1.29, 1.82) is 0 Å². The maximum Gasteiger partial charge on any atom is 0.273 e. The van der Waals surface area contributed by atoms with E-state index in [1.165, 1.54) is 5.57 Å². The molecular formula is C22H25N3O. The second-order valence-corrected chi connectivity index (χ2v) is 7.59. The summed E-state index contributed by atoms with van der Waals surface area (Å²) < 4.78 is 0. The van der Waals surface area contributed by atoms with Crippen molar-refractivity contribution < 1.29 is 4.79 Å². The first kappa shape index (κ1) is 17.9. The summed E-state index contributed by atoms with van der Waals surface area (Å²) >= 11 is 0. The third kappa shape index (κ3) is 4.60. The van der Waals surface area contributed by atoms with Gasteiger partial charge in [0.2, 0.25) is 0 Å². The van der Waals surface area contributed by atoms with Crippen LogP contribution in [0.1, 0.15) is 44.0 Å². The van der Waals surface area contributed by atoms with E-state index in [2.05, 4.69) is 42.7 Å². The van der Waals surface area contributed by atoms with Crippen LogP contribution in [0.3, 0.4) is 0 Å². The normalized spacial score (nSPS) is 17.5. The quantitative estimate of drug-likeness (QED) is 0.739. The number of nitrogens with one attached hydrogen (secondary N) is 2. The van der Waals surface area contributed by atoms with Crippen molar-refractivity contribution in [1.82, 2.24) is 5.43 Å². The van der Waals surface area contributed by atoms with Crippen LogP contribution >= 0.6 is 0 Å². The summed E-state index contributed by atoms with van der Waals surface area (Å²) in [6.07, 6.45) is 3.98. The van der Waals surface area contributed by atoms with Crippen molar-refractivity contribution in [2.45, 2.75) is 33.6 Å². The molecule has 0 bridgehead atoms. The van der Waals surface area contributed by atoms with Crippen LogP contribution in [0.25, 0.3) is 0 Å². The number of hydrogen-bond donors (Lipinski definition) is 2. The van der Waals surface area contributed by atoms with E-state index in [0.717, 1.165) is 29.9 Å². The summed E-state index contributed by atoms with van der Waals surface area (Å²) in [4.78, 5) is 12.7. The van der Waals surface area contributed by atoms with Crippen LogP contribution in [-0.2, 0) is 0 Å². The van der Waals surface area contributed by atoms with Crippen molar-refractivity contribution in [2.75, 3.05) is 5.32 Å². The molecule has 0 heterocycles. The molecule has 0 atom stereocenters. The molecule has 2 aromatic carbocycles. The second-order valence-electron chi connectivity index (χ2n) is 7.59. The Morgan fingerprint density at radius 3 is 2.42 bits per heavy atom. The number of nitrogens with zero attached hydrogens (tertiary/aromatic N) is 1. The molecule has 0 saturated carbocycles. The SMILES string of the molecule is CC1=C/C(=N\NC(=O)c2ccccc2Nc2ccccc2)CC(C)(C)C1. The first-order valence-electron chi connectivity index (χ1n) is 8.88. The van der Waals surface area contributed by atoms with Gasteiger partial charge in [-0.1, -0.05) is 49.8 Å². The summed E-state index contributed by atoms with van der Waals surface area (Å²) in [7, 11) is 0. The highest BCUT2D eigenvalue weighted by molar-refractivity contribution is 6.02. The fourth-order valence-electron chi connectivity index (χ4n) is 3.42. The zero-order valence-corrected chi connectivity index (χ0v) is 15.5. The molecule has 0 unspecified atom stereocenters. The van der Waals surface area contributed by atoms with Crippen LogP contribution in [0.5, 0.6) is 0 Å². The first-order chi connectivity index (χ1) is 12.4.